The van der Waals surface area contributed by atoms with Gasteiger partial charge in [-0.05, 0) is 105 Å². The molecule has 9 nitrogen and oxygen atoms in total. The first-order chi connectivity index (χ1) is 23.6. The minimum Gasteiger partial charge on any atom is -0.490 e. The zero-order valence-corrected chi connectivity index (χ0v) is 29.7. The first-order valence-corrected chi connectivity index (χ1v) is 19.0. The fourth-order valence-corrected chi connectivity index (χ4v) is 9.22. The highest BCUT2D eigenvalue weighted by atomic mass is 35.5. The van der Waals surface area contributed by atoms with Crippen LogP contribution in [0.2, 0.25) is 5.02 Å². The molecule has 50 heavy (non-hydrogen) atoms. The van der Waals surface area contributed by atoms with E-state index in [0.717, 1.165) is 32.1 Å². The van der Waals surface area contributed by atoms with Crippen molar-refractivity contribution in [3.63, 3.8) is 0 Å². The number of carbonyl (C=O) groups is 2. The number of nitrogens with zero attached hydrogens (tertiary/aromatic N) is 1. The molecule has 2 heterocycles. The Morgan fingerprint density at radius 1 is 1.18 bits per heavy atom. The molecule has 6 atom stereocenters. The number of halogens is 4. The van der Waals surface area contributed by atoms with Crippen molar-refractivity contribution in [2.75, 3.05) is 37.7 Å². The molecule has 272 valence electrons. The average molecular weight is 738 g/mol. The topological polar surface area (TPSA) is 114 Å². The number of aryl methyl sites for hydroxylation is 1. The minimum atomic E-state index is -4.54. The van der Waals surface area contributed by atoms with Crippen molar-refractivity contribution in [2.24, 2.45) is 17.8 Å². The largest absolute Gasteiger partial charge is 0.490 e. The van der Waals surface area contributed by atoms with E-state index in [2.05, 4.69) is 15.7 Å². The van der Waals surface area contributed by atoms with Gasteiger partial charge in [-0.3, -0.25) is 9.59 Å². The molecule has 2 aromatic rings. The van der Waals surface area contributed by atoms with Crippen LogP contribution < -0.4 is 19.7 Å². The number of amides is 2. The van der Waals surface area contributed by atoms with E-state index >= 15 is 0 Å². The van der Waals surface area contributed by atoms with E-state index < -0.39 is 58.4 Å². The summed E-state index contributed by atoms with van der Waals surface area (Å²) in [5, 5.41) is 1.61. The summed E-state index contributed by atoms with van der Waals surface area (Å²) >= 11 is 6.40. The molecule has 2 aromatic carbocycles. The fraction of sp³-hybridized carbons (Fsp3) is 0.556. The van der Waals surface area contributed by atoms with Crippen molar-refractivity contribution in [2.45, 2.75) is 75.3 Å². The van der Waals surface area contributed by atoms with Crippen LogP contribution in [0.3, 0.4) is 0 Å². The maximum atomic E-state index is 13.5. The zero-order valence-electron chi connectivity index (χ0n) is 28.1. The molecule has 2 bridgehead atoms. The van der Waals surface area contributed by atoms with Crippen LogP contribution in [0.25, 0.3) is 0 Å². The second-order valence-corrected chi connectivity index (χ2v) is 16.8. The molecule has 14 heteroatoms. The molecule has 0 unspecified atom stereocenters. The van der Waals surface area contributed by atoms with Crippen LogP contribution in [-0.4, -0.2) is 70.6 Å². The molecule has 2 aliphatic carbocycles. The number of allylic oxidation sites excluding steroid dienone is 1. The van der Waals surface area contributed by atoms with Crippen molar-refractivity contribution >= 4 is 39.1 Å². The first kappa shape index (κ1) is 36.5. The monoisotopic (exact) mass is 737 g/mol. The highest BCUT2D eigenvalue weighted by Gasteiger charge is 2.45. The number of ether oxygens (including phenoxy) is 2. The summed E-state index contributed by atoms with van der Waals surface area (Å²) in [7, 11) is -4.06. The van der Waals surface area contributed by atoms with E-state index in [9.17, 15) is 31.2 Å². The molecule has 1 saturated carbocycles. The Morgan fingerprint density at radius 3 is 2.72 bits per heavy atom. The summed E-state index contributed by atoms with van der Waals surface area (Å²) in [4.78, 5) is 28.0. The summed E-state index contributed by atoms with van der Waals surface area (Å²) in [6.07, 6.45) is 3.14. The van der Waals surface area contributed by atoms with Crippen molar-refractivity contribution in [3.8, 4) is 5.75 Å². The standard InChI is InChI=1S/C36H43ClF3N3O6S/c1-22-5-3-7-31(48-18-33(44)41-19-36(38,39)40)28-11-8-26(28)17-43-20-35(14-4-6-24-15-27(37)10-12-29(24)35)21-49-32-13-9-25(16-30(32)43)34(45)42-50(46,47)23(22)2/h3,7,9-10,12-13,15-16,22-23,26,28,31H,4-6,8,11,14,17-21H2,1-2H3,(H,41,44)(H,42,45)/b7-3+/t22-,23+,26-,28+,31-,35-/m0/s1. The van der Waals surface area contributed by atoms with Gasteiger partial charge in [-0.1, -0.05) is 36.7 Å². The maximum Gasteiger partial charge on any atom is 0.405 e. The molecule has 0 radical (unpaired) electrons. The Bertz CT molecular complexity index is 1750. The molecule has 2 N–H and O–H groups in total. The van der Waals surface area contributed by atoms with Crippen LogP contribution >= 0.6 is 11.6 Å². The normalized spacial score (nSPS) is 30.1. The lowest BCUT2D eigenvalue weighted by Gasteiger charge is -2.46. The van der Waals surface area contributed by atoms with Gasteiger partial charge in [0, 0.05) is 29.1 Å². The number of carbonyl (C=O) groups excluding carboxylic acids is 2. The minimum absolute atomic E-state index is 0.0569. The number of hydrogen-bond acceptors (Lipinski definition) is 7. The number of alkyl halides is 3. The van der Waals surface area contributed by atoms with Crippen LogP contribution in [0.1, 0.15) is 67.4 Å². The third kappa shape index (κ3) is 7.94. The molecule has 1 fully saturated rings. The zero-order chi connectivity index (χ0) is 35.8. The highest BCUT2D eigenvalue weighted by molar-refractivity contribution is 7.90. The second-order valence-electron chi connectivity index (χ2n) is 14.3. The number of rotatable bonds is 4. The second kappa shape index (κ2) is 14.4. The molecule has 0 saturated heterocycles. The first-order valence-electron chi connectivity index (χ1n) is 17.1. The predicted molar refractivity (Wildman–Crippen MR) is 184 cm³/mol. The van der Waals surface area contributed by atoms with Gasteiger partial charge in [0.25, 0.3) is 5.91 Å². The number of sulfonamides is 1. The van der Waals surface area contributed by atoms with Crippen molar-refractivity contribution in [1.29, 1.82) is 0 Å². The summed E-state index contributed by atoms with van der Waals surface area (Å²) in [6.45, 7) is 2.83. The highest BCUT2D eigenvalue weighted by Crippen LogP contribution is 2.47. The van der Waals surface area contributed by atoms with E-state index in [1.165, 1.54) is 11.1 Å². The molecular formula is C36H43ClF3N3O6S. The van der Waals surface area contributed by atoms with E-state index in [-0.39, 0.29) is 22.8 Å². The predicted octanol–water partition coefficient (Wildman–Crippen LogP) is 5.95. The Kier molecular flexibility index (Phi) is 10.5. The lowest BCUT2D eigenvalue weighted by atomic mass is 9.68. The number of nitrogens with one attached hydrogen (secondary N) is 2. The van der Waals surface area contributed by atoms with E-state index in [4.69, 9.17) is 21.1 Å². The van der Waals surface area contributed by atoms with Gasteiger partial charge >= 0.3 is 6.18 Å². The third-order valence-corrected chi connectivity index (χ3v) is 13.1. The van der Waals surface area contributed by atoms with Crippen molar-refractivity contribution < 1.29 is 40.7 Å². The Morgan fingerprint density at radius 2 is 1.98 bits per heavy atom. The Hall–Kier alpha value is -3.29. The van der Waals surface area contributed by atoms with E-state index in [1.54, 1.807) is 44.2 Å². The van der Waals surface area contributed by atoms with Crippen LogP contribution in [-0.2, 0) is 31.4 Å². The van der Waals surface area contributed by atoms with Gasteiger partial charge in [-0.15, -0.1) is 0 Å². The Balaban J connectivity index is 1.36. The lowest BCUT2D eigenvalue weighted by Crippen LogP contribution is -2.50. The molecule has 0 aromatic heterocycles. The quantitative estimate of drug-likeness (QED) is 0.373. The van der Waals surface area contributed by atoms with E-state index in [0.29, 0.717) is 42.6 Å². The number of fused-ring (bicyclic) bond motifs is 4. The van der Waals surface area contributed by atoms with Crippen molar-refractivity contribution in [1.82, 2.24) is 10.0 Å². The average Bonchev–Trinajstić information content (AvgIpc) is 3.19. The van der Waals surface area contributed by atoms with Gasteiger partial charge in [0.05, 0.1) is 23.6 Å². The lowest BCUT2D eigenvalue weighted by molar-refractivity contribution is -0.143. The van der Waals surface area contributed by atoms with Gasteiger partial charge in [0.2, 0.25) is 15.9 Å². The number of anilines is 1. The Labute approximate surface area is 296 Å². The van der Waals surface area contributed by atoms with Crippen molar-refractivity contribution in [3.05, 3.63) is 70.3 Å². The maximum absolute atomic E-state index is 13.5. The van der Waals surface area contributed by atoms with Gasteiger partial charge < -0.3 is 19.7 Å². The molecule has 2 aliphatic heterocycles. The molecule has 4 aliphatic rings. The van der Waals surface area contributed by atoms with Gasteiger partial charge in [-0.25, -0.2) is 13.1 Å². The summed E-state index contributed by atoms with van der Waals surface area (Å²) in [5.74, 6) is -1.37. The molecule has 2 amide bonds. The summed E-state index contributed by atoms with van der Waals surface area (Å²) in [5.41, 5.74) is 2.81. The van der Waals surface area contributed by atoms with Crippen LogP contribution in [0.5, 0.6) is 5.75 Å². The van der Waals surface area contributed by atoms with Gasteiger partial charge in [-0.2, -0.15) is 13.2 Å². The molecule has 1 spiro atoms. The summed E-state index contributed by atoms with van der Waals surface area (Å²) in [6, 6.07) is 11.0. The molecular weight excluding hydrogens is 695 g/mol. The third-order valence-electron chi connectivity index (χ3n) is 10.9. The fourth-order valence-electron chi connectivity index (χ4n) is 7.74. The summed E-state index contributed by atoms with van der Waals surface area (Å²) < 4.78 is 79.7. The SMILES string of the molecule is C[C@@H]1[C@@H](C)C/C=C/[C@H](OCC(=O)NCC(F)(F)F)[C@@H]2CC[C@H]2CN2C[C@@]3(CCCc4cc(Cl)ccc43)COc3ccc(cc32)C(=O)NS1(=O)=O. The number of benzene rings is 2. The smallest absolute Gasteiger partial charge is 0.405 e. The van der Waals surface area contributed by atoms with Crippen LogP contribution in [0.4, 0.5) is 18.9 Å². The van der Waals surface area contributed by atoms with Crippen LogP contribution in [0.15, 0.2) is 48.6 Å². The molecule has 6 rings (SSSR count). The van der Waals surface area contributed by atoms with Crippen LogP contribution in [0, 0.1) is 17.8 Å². The van der Waals surface area contributed by atoms with Gasteiger partial charge in [0.1, 0.15) is 18.9 Å². The van der Waals surface area contributed by atoms with E-state index in [1.807, 2.05) is 17.4 Å². The number of hydrogen-bond donors (Lipinski definition) is 2. The van der Waals surface area contributed by atoms with Gasteiger partial charge in [0.15, 0.2) is 0 Å².